The van der Waals surface area contributed by atoms with Crippen LogP contribution in [0, 0.1) is 6.92 Å². The Balaban J connectivity index is 0.000000252. The Hall–Kier alpha value is -2.95. The number of aryl methyl sites for hydroxylation is 1. The molecule has 5 N–H and O–H groups in total. The zero-order valence-corrected chi connectivity index (χ0v) is 20.4. The molecule has 33 heavy (non-hydrogen) atoms. The lowest BCUT2D eigenvalue weighted by Crippen LogP contribution is -2.25. The van der Waals surface area contributed by atoms with Gasteiger partial charge < -0.3 is 16.6 Å². The SMILES string of the molecule is CCC(CC)c1ccccc1.Cc1ccc(C(C)C(O)CN)cc1.NC(=O)c1ccccc1. The molecule has 4 nitrogen and oxygen atoms in total. The van der Waals surface area contributed by atoms with Crippen LogP contribution in [0.15, 0.2) is 84.9 Å². The van der Waals surface area contributed by atoms with E-state index in [-0.39, 0.29) is 11.8 Å². The van der Waals surface area contributed by atoms with E-state index >= 15 is 0 Å². The molecule has 0 aromatic heterocycles. The Kier molecular flexibility index (Phi) is 13.4. The van der Waals surface area contributed by atoms with Crippen LogP contribution in [0.1, 0.15) is 72.5 Å². The summed E-state index contributed by atoms with van der Waals surface area (Å²) in [6.07, 6.45) is 2.06. The van der Waals surface area contributed by atoms with Gasteiger partial charge in [0.2, 0.25) is 5.91 Å². The third kappa shape index (κ3) is 10.5. The van der Waals surface area contributed by atoms with E-state index in [0.717, 1.165) is 11.5 Å². The number of primary amides is 1. The summed E-state index contributed by atoms with van der Waals surface area (Å²) < 4.78 is 0. The van der Waals surface area contributed by atoms with Gasteiger partial charge in [-0.1, -0.05) is 99.1 Å². The van der Waals surface area contributed by atoms with E-state index < -0.39 is 6.10 Å². The molecule has 0 spiro atoms. The molecular formula is C29H40N2O2. The van der Waals surface area contributed by atoms with Gasteiger partial charge in [0.05, 0.1) is 6.10 Å². The Labute approximate surface area is 199 Å². The summed E-state index contributed by atoms with van der Waals surface area (Å²) in [5.74, 6) is 0.498. The summed E-state index contributed by atoms with van der Waals surface area (Å²) in [5, 5.41) is 9.52. The normalized spacial score (nSPS) is 12.0. The molecular weight excluding hydrogens is 408 g/mol. The second kappa shape index (κ2) is 15.8. The Morgan fingerprint density at radius 1 is 0.818 bits per heavy atom. The van der Waals surface area contributed by atoms with Gasteiger partial charge in [0.15, 0.2) is 0 Å². The van der Waals surface area contributed by atoms with Crippen LogP contribution in [-0.4, -0.2) is 23.7 Å². The molecule has 3 aromatic carbocycles. The van der Waals surface area contributed by atoms with Crippen molar-refractivity contribution in [2.75, 3.05) is 6.54 Å². The van der Waals surface area contributed by atoms with Crippen molar-refractivity contribution >= 4 is 5.91 Å². The lowest BCUT2D eigenvalue weighted by molar-refractivity contribution is 0.1000. The van der Waals surface area contributed by atoms with Crippen molar-refractivity contribution in [3.05, 3.63) is 107 Å². The standard InChI is InChI=1S/C11H17NO.C11H16.C7H7NO/c1-8-3-5-10(6-4-8)9(2)11(13)7-12;1-3-10(4-2)11-8-6-5-7-9-11;8-7(9)6-4-2-1-3-5-6/h3-6,9,11,13H,7,12H2,1-2H3;5-10H,3-4H2,1-2H3;1-5H,(H2,8,9). The average Bonchev–Trinajstić information content (AvgIpc) is 2.86. The highest BCUT2D eigenvalue weighted by atomic mass is 16.3. The topological polar surface area (TPSA) is 89.3 Å². The summed E-state index contributed by atoms with van der Waals surface area (Å²) in [7, 11) is 0. The smallest absolute Gasteiger partial charge is 0.248 e. The molecule has 0 fully saturated rings. The number of aliphatic hydroxyl groups excluding tert-OH is 1. The maximum atomic E-state index is 10.4. The minimum absolute atomic E-state index is 0.116. The number of rotatable bonds is 7. The molecule has 1 amide bonds. The highest BCUT2D eigenvalue weighted by Crippen LogP contribution is 2.21. The first-order valence-corrected chi connectivity index (χ1v) is 11.7. The number of carbonyl (C=O) groups is 1. The third-order valence-corrected chi connectivity index (χ3v) is 5.74. The van der Waals surface area contributed by atoms with Gasteiger partial charge in [-0.15, -0.1) is 0 Å². The van der Waals surface area contributed by atoms with Gasteiger partial charge in [0, 0.05) is 18.0 Å². The number of hydrogen-bond donors (Lipinski definition) is 3. The fourth-order valence-electron chi connectivity index (χ4n) is 3.38. The second-order valence-electron chi connectivity index (χ2n) is 8.16. The van der Waals surface area contributed by atoms with Crippen LogP contribution in [0.4, 0.5) is 0 Å². The number of amides is 1. The second-order valence-corrected chi connectivity index (χ2v) is 8.16. The van der Waals surface area contributed by atoms with Gasteiger partial charge >= 0.3 is 0 Å². The largest absolute Gasteiger partial charge is 0.391 e. The minimum atomic E-state index is -0.442. The number of carbonyl (C=O) groups excluding carboxylic acids is 1. The maximum absolute atomic E-state index is 10.4. The van der Waals surface area contributed by atoms with Crippen molar-refractivity contribution in [2.45, 2.75) is 58.5 Å². The van der Waals surface area contributed by atoms with E-state index in [4.69, 9.17) is 11.5 Å². The number of aliphatic hydroxyl groups is 1. The van der Waals surface area contributed by atoms with Crippen molar-refractivity contribution in [2.24, 2.45) is 11.5 Å². The molecule has 2 unspecified atom stereocenters. The molecule has 0 aliphatic carbocycles. The number of benzene rings is 3. The van der Waals surface area contributed by atoms with Crippen molar-refractivity contribution in [1.29, 1.82) is 0 Å². The molecule has 0 aliphatic heterocycles. The van der Waals surface area contributed by atoms with Crippen LogP contribution in [0.3, 0.4) is 0 Å². The van der Waals surface area contributed by atoms with Gasteiger partial charge in [0.1, 0.15) is 0 Å². The zero-order valence-electron chi connectivity index (χ0n) is 20.4. The molecule has 0 saturated carbocycles. The van der Waals surface area contributed by atoms with E-state index in [9.17, 15) is 9.90 Å². The first kappa shape index (κ1) is 28.1. The fraction of sp³-hybridized carbons (Fsp3) is 0.345. The highest BCUT2D eigenvalue weighted by molar-refractivity contribution is 5.92. The molecule has 4 heteroatoms. The Morgan fingerprint density at radius 2 is 1.30 bits per heavy atom. The number of nitrogens with two attached hydrogens (primary N) is 2. The molecule has 3 aromatic rings. The van der Waals surface area contributed by atoms with Crippen LogP contribution in [0.2, 0.25) is 0 Å². The first-order chi connectivity index (χ1) is 15.8. The molecule has 178 valence electrons. The third-order valence-electron chi connectivity index (χ3n) is 5.74. The lowest BCUT2D eigenvalue weighted by Gasteiger charge is -2.17. The molecule has 2 atom stereocenters. The molecule has 0 heterocycles. The fourth-order valence-corrected chi connectivity index (χ4v) is 3.38. The summed E-state index contributed by atoms with van der Waals surface area (Å²) >= 11 is 0. The van der Waals surface area contributed by atoms with Crippen LogP contribution in [0.25, 0.3) is 0 Å². The van der Waals surface area contributed by atoms with Crippen LogP contribution in [0.5, 0.6) is 0 Å². The van der Waals surface area contributed by atoms with E-state index in [2.05, 4.69) is 56.3 Å². The summed E-state index contributed by atoms with van der Waals surface area (Å²) in [4.78, 5) is 10.4. The average molecular weight is 449 g/mol. The van der Waals surface area contributed by atoms with Crippen LogP contribution in [-0.2, 0) is 0 Å². The van der Waals surface area contributed by atoms with Crippen LogP contribution < -0.4 is 11.5 Å². The lowest BCUT2D eigenvalue weighted by atomic mass is 9.94. The molecule has 0 radical (unpaired) electrons. The van der Waals surface area contributed by atoms with Gasteiger partial charge in [0.25, 0.3) is 0 Å². The number of hydrogen-bond acceptors (Lipinski definition) is 3. The Morgan fingerprint density at radius 3 is 1.70 bits per heavy atom. The van der Waals surface area contributed by atoms with Crippen molar-refractivity contribution in [1.82, 2.24) is 0 Å². The molecule has 0 saturated heterocycles. The zero-order chi connectivity index (χ0) is 24.6. The van der Waals surface area contributed by atoms with E-state index in [0.29, 0.717) is 12.1 Å². The van der Waals surface area contributed by atoms with Gasteiger partial charge in [-0.2, -0.15) is 0 Å². The maximum Gasteiger partial charge on any atom is 0.248 e. The molecule has 0 bridgehead atoms. The quantitative estimate of drug-likeness (QED) is 0.427. The van der Waals surface area contributed by atoms with E-state index in [1.807, 2.05) is 32.0 Å². The summed E-state index contributed by atoms with van der Waals surface area (Å²) in [5.41, 5.74) is 14.8. The Bertz CT molecular complexity index is 892. The molecule has 3 rings (SSSR count). The minimum Gasteiger partial charge on any atom is -0.391 e. The monoisotopic (exact) mass is 448 g/mol. The summed E-state index contributed by atoms with van der Waals surface area (Å²) in [6, 6.07) is 27.7. The predicted molar refractivity (Wildman–Crippen MR) is 139 cm³/mol. The van der Waals surface area contributed by atoms with Crippen molar-refractivity contribution < 1.29 is 9.90 Å². The van der Waals surface area contributed by atoms with Crippen molar-refractivity contribution in [3.63, 3.8) is 0 Å². The van der Waals surface area contributed by atoms with Gasteiger partial charge in [-0.05, 0) is 48.9 Å². The van der Waals surface area contributed by atoms with Crippen molar-refractivity contribution in [3.8, 4) is 0 Å². The van der Waals surface area contributed by atoms with Gasteiger partial charge in [-0.25, -0.2) is 0 Å². The van der Waals surface area contributed by atoms with E-state index in [1.165, 1.54) is 24.0 Å². The van der Waals surface area contributed by atoms with Gasteiger partial charge in [-0.3, -0.25) is 4.79 Å². The molecule has 0 aliphatic rings. The summed E-state index contributed by atoms with van der Waals surface area (Å²) in [6.45, 7) is 8.85. The highest BCUT2D eigenvalue weighted by Gasteiger charge is 2.13. The first-order valence-electron chi connectivity index (χ1n) is 11.7. The predicted octanol–water partition coefficient (Wildman–Crippen LogP) is 5.79. The van der Waals surface area contributed by atoms with E-state index in [1.54, 1.807) is 24.3 Å². The van der Waals surface area contributed by atoms with Crippen LogP contribution >= 0.6 is 0 Å².